The fraction of sp³-hybridized carbons (Fsp3) is 0.409. The van der Waals surface area contributed by atoms with Crippen molar-refractivity contribution in [3.8, 4) is 17.0 Å². The average Bonchev–Trinajstić information content (AvgIpc) is 3.51. The number of hydrogen-bond acceptors (Lipinski definition) is 6. The van der Waals surface area contributed by atoms with Crippen LogP contribution in [0.2, 0.25) is 0 Å². The van der Waals surface area contributed by atoms with Crippen LogP contribution < -0.4 is 15.8 Å². The van der Waals surface area contributed by atoms with Crippen LogP contribution in [0.3, 0.4) is 0 Å². The molecule has 2 aliphatic heterocycles. The van der Waals surface area contributed by atoms with Gasteiger partial charge < -0.3 is 15.8 Å². The monoisotopic (exact) mass is 388 g/mol. The smallest absolute Gasteiger partial charge is 0.166 e. The van der Waals surface area contributed by atoms with Crippen LogP contribution in [0.4, 0.5) is 5.82 Å². The van der Waals surface area contributed by atoms with E-state index < -0.39 is 0 Å². The minimum Gasteiger partial charge on any atom is -0.480 e. The van der Waals surface area contributed by atoms with Crippen molar-refractivity contribution in [1.29, 1.82) is 0 Å². The molecule has 29 heavy (non-hydrogen) atoms. The lowest BCUT2D eigenvalue weighted by Crippen LogP contribution is -2.25. The lowest BCUT2D eigenvalue weighted by atomic mass is 9.82. The van der Waals surface area contributed by atoms with E-state index in [9.17, 15) is 0 Å². The van der Waals surface area contributed by atoms with Gasteiger partial charge in [0.25, 0.3) is 0 Å². The minimum absolute atomic E-state index is 0.0783. The van der Waals surface area contributed by atoms with Crippen molar-refractivity contribution in [2.24, 2.45) is 0 Å². The van der Waals surface area contributed by atoms with Gasteiger partial charge in [-0.15, -0.1) is 0 Å². The second-order valence-electron chi connectivity index (χ2n) is 8.40. The first-order chi connectivity index (χ1) is 14.2. The Morgan fingerprint density at radius 3 is 3.10 bits per heavy atom. The molecule has 148 valence electrons. The molecule has 1 spiro atoms. The van der Waals surface area contributed by atoms with Gasteiger partial charge in [-0.1, -0.05) is 6.07 Å². The zero-order valence-corrected chi connectivity index (χ0v) is 16.3. The lowest BCUT2D eigenvalue weighted by Gasteiger charge is -2.20. The van der Waals surface area contributed by atoms with Gasteiger partial charge in [0, 0.05) is 42.2 Å². The van der Waals surface area contributed by atoms with Gasteiger partial charge in [0.1, 0.15) is 6.10 Å². The molecule has 2 unspecified atom stereocenters. The highest BCUT2D eigenvalue weighted by atomic mass is 16.5. The van der Waals surface area contributed by atoms with Crippen LogP contribution in [0, 0.1) is 0 Å². The first-order valence-corrected chi connectivity index (χ1v) is 10.4. The Morgan fingerprint density at radius 2 is 2.21 bits per heavy atom. The zero-order valence-electron chi connectivity index (χ0n) is 16.3. The summed E-state index contributed by atoms with van der Waals surface area (Å²) in [5.74, 6) is 1.01. The van der Waals surface area contributed by atoms with Crippen LogP contribution in [-0.4, -0.2) is 32.8 Å². The van der Waals surface area contributed by atoms with Crippen LogP contribution in [0.25, 0.3) is 11.3 Å². The molecule has 6 rings (SSSR count). The Labute approximate surface area is 169 Å². The van der Waals surface area contributed by atoms with Crippen LogP contribution >= 0.6 is 0 Å². The second kappa shape index (κ2) is 6.29. The number of hydrogen-bond donors (Lipinski definition) is 2. The molecule has 1 fully saturated rings. The second-order valence-corrected chi connectivity index (χ2v) is 8.40. The molecule has 3 N–H and O–H groups in total. The molecule has 1 aliphatic carbocycles. The van der Waals surface area contributed by atoms with E-state index in [2.05, 4.69) is 32.1 Å². The van der Waals surface area contributed by atoms with E-state index >= 15 is 0 Å². The van der Waals surface area contributed by atoms with E-state index in [0.717, 1.165) is 49.4 Å². The Hall–Kier alpha value is -2.93. The zero-order chi connectivity index (χ0) is 19.4. The summed E-state index contributed by atoms with van der Waals surface area (Å²) in [6.07, 6.45) is 7.77. The molecule has 0 amide bonds. The van der Waals surface area contributed by atoms with E-state index in [1.54, 1.807) is 6.20 Å². The first kappa shape index (κ1) is 17.0. The molecular weight excluding hydrogens is 364 g/mol. The summed E-state index contributed by atoms with van der Waals surface area (Å²) in [6.45, 7) is 3.10. The number of ether oxygens (including phenoxy) is 1. The number of nitrogens with one attached hydrogen (secondary N) is 1. The fourth-order valence-corrected chi connectivity index (χ4v) is 5.11. The number of pyridine rings is 2. The highest BCUT2D eigenvalue weighted by Gasteiger charge is 2.42. The number of fused-ring (bicyclic) bond motifs is 3. The molecule has 3 aromatic heterocycles. The molecule has 0 radical (unpaired) electrons. The summed E-state index contributed by atoms with van der Waals surface area (Å²) >= 11 is 0. The fourth-order valence-electron chi connectivity index (χ4n) is 5.11. The largest absolute Gasteiger partial charge is 0.480 e. The topological polar surface area (TPSA) is 90.9 Å². The molecule has 7 nitrogen and oxygen atoms in total. The van der Waals surface area contributed by atoms with Gasteiger partial charge in [-0.25, -0.2) is 4.98 Å². The third-order valence-electron chi connectivity index (χ3n) is 6.72. The van der Waals surface area contributed by atoms with Crippen LogP contribution in [0.1, 0.15) is 42.3 Å². The predicted octanol–water partition coefficient (Wildman–Crippen LogP) is 2.62. The Bertz CT molecular complexity index is 1080. The van der Waals surface area contributed by atoms with Gasteiger partial charge in [-0.05, 0) is 56.0 Å². The summed E-state index contributed by atoms with van der Waals surface area (Å²) in [5.41, 5.74) is 11.9. The molecule has 0 bridgehead atoms. The van der Waals surface area contributed by atoms with Crippen molar-refractivity contribution < 1.29 is 4.74 Å². The lowest BCUT2D eigenvalue weighted by molar-refractivity contribution is 0.204. The Balaban J connectivity index is 1.31. The van der Waals surface area contributed by atoms with Crippen molar-refractivity contribution >= 4 is 5.82 Å². The number of nitrogens with zero attached hydrogens (tertiary/aromatic N) is 4. The van der Waals surface area contributed by atoms with Crippen molar-refractivity contribution in [3.63, 3.8) is 0 Å². The number of anilines is 1. The van der Waals surface area contributed by atoms with Crippen LogP contribution in [0.5, 0.6) is 5.75 Å². The maximum absolute atomic E-state index is 6.27. The third kappa shape index (κ3) is 2.64. The van der Waals surface area contributed by atoms with E-state index in [-0.39, 0.29) is 11.5 Å². The van der Waals surface area contributed by atoms with Crippen molar-refractivity contribution in [3.05, 3.63) is 53.6 Å². The summed E-state index contributed by atoms with van der Waals surface area (Å²) in [7, 11) is 0. The van der Waals surface area contributed by atoms with Gasteiger partial charge in [-0.2, -0.15) is 5.10 Å². The van der Waals surface area contributed by atoms with E-state index in [1.807, 2.05) is 18.3 Å². The predicted molar refractivity (Wildman–Crippen MR) is 110 cm³/mol. The number of nitrogen functional groups attached to an aromatic ring is 1. The maximum Gasteiger partial charge on any atom is 0.166 e. The minimum atomic E-state index is -0.0783. The van der Waals surface area contributed by atoms with Gasteiger partial charge in [0.05, 0.1) is 11.4 Å². The van der Waals surface area contributed by atoms with E-state index in [1.165, 1.54) is 24.1 Å². The molecule has 0 saturated carbocycles. The first-order valence-electron chi connectivity index (χ1n) is 10.4. The van der Waals surface area contributed by atoms with E-state index in [4.69, 9.17) is 15.6 Å². The number of aromatic nitrogens is 4. The van der Waals surface area contributed by atoms with Crippen molar-refractivity contribution in [1.82, 2.24) is 25.1 Å². The Kier molecular flexibility index (Phi) is 3.68. The summed E-state index contributed by atoms with van der Waals surface area (Å²) in [4.78, 5) is 8.91. The molecule has 0 aromatic carbocycles. The van der Waals surface area contributed by atoms with Gasteiger partial charge in [0.15, 0.2) is 11.6 Å². The summed E-state index contributed by atoms with van der Waals surface area (Å²) < 4.78 is 8.43. The molecule has 1 saturated heterocycles. The van der Waals surface area contributed by atoms with Crippen molar-refractivity contribution in [2.45, 2.75) is 43.7 Å². The average molecular weight is 388 g/mol. The molecule has 7 heteroatoms. The molecule has 5 heterocycles. The van der Waals surface area contributed by atoms with Crippen LogP contribution in [-0.2, 0) is 18.4 Å². The van der Waals surface area contributed by atoms with Crippen molar-refractivity contribution in [2.75, 3.05) is 18.8 Å². The number of aryl methyl sites for hydroxylation is 2. The van der Waals surface area contributed by atoms with Crippen LogP contribution in [0.15, 0.2) is 36.7 Å². The normalized spacial score (nSPS) is 24.8. The quantitative estimate of drug-likeness (QED) is 0.717. The highest BCUT2D eigenvalue weighted by molar-refractivity contribution is 5.65. The molecule has 3 aromatic rings. The SMILES string of the molecule is Nc1ncc(-c2cc3n(n2)CCC32CCNC2)cc1OC1CCc2cccnc21. The Morgan fingerprint density at radius 1 is 1.24 bits per heavy atom. The molecular formula is C22H24N6O. The number of nitrogens with two attached hydrogens (primary N) is 1. The van der Waals surface area contributed by atoms with Gasteiger partial charge in [0.2, 0.25) is 0 Å². The number of rotatable bonds is 3. The van der Waals surface area contributed by atoms with E-state index in [0.29, 0.717) is 11.6 Å². The molecule has 3 aliphatic rings. The summed E-state index contributed by atoms with van der Waals surface area (Å²) in [5, 5.41) is 8.37. The maximum atomic E-state index is 6.27. The molecule has 2 atom stereocenters. The summed E-state index contributed by atoms with van der Waals surface area (Å²) in [6, 6.07) is 8.29. The van der Waals surface area contributed by atoms with Gasteiger partial charge >= 0.3 is 0 Å². The highest BCUT2D eigenvalue weighted by Crippen LogP contribution is 2.42. The third-order valence-corrected chi connectivity index (χ3v) is 6.72. The standard InChI is InChI=1S/C22H24N6O/c23-21-18(29-17-4-3-14-2-1-7-25-20(14)17)10-15(12-26-21)16-11-19-22(5-8-24-13-22)6-9-28(19)27-16/h1-2,7,10-12,17,24H,3-6,8-9,13H2,(H2,23,26). The van der Waals surface area contributed by atoms with Gasteiger partial charge in [-0.3, -0.25) is 9.67 Å².